The van der Waals surface area contributed by atoms with Crippen molar-refractivity contribution in [2.24, 2.45) is 0 Å². The number of aryl methyl sites for hydroxylation is 1. The Morgan fingerprint density at radius 3 is 2.62 bits per heavy atom. The molecule has 1 aromatic carbocycles. The molecule has 0 fully saturated rings. The molecule has 0 heterocycles. The van der Waals surface area contributed by atoms with Gasteiger partial charge in [-0.25, -0.2) is 17.9 Å². The van der Waals surface area contributed by atoms with E-state index >= 15 is 0 Å². The number of nitrogens with two attached hydrogens (primary N) is 1. The Morgan fingerprint density at radius 1 is 1.38 bits per heavy atom. The lowest BCUT2D eigenvalue weighted by Crippen LogP contribution is -2.39. The lowest BCUT2D eigenvalue weighted by atomic mass is 10.2. The molecule has 2 amide bonds. The fourth-order valence-corrected chi connectivity index (χ4v) is 2.75. The number of urea groups is 1. The van der Waals surface area contributed by atoms with Crippen LogP contribution in [0.15, 0.2) is 17.0 Å². The Bertz CT molecular complexity index is 614. The van der Waals surface area contributed by atoms with E-state index in [1.54, 1.807) is 6.92 Å². The average molecular weight is 315 g/mol. The second-order valence-corrected chi connectivity index (χ2v) is 6.23. The minimum atomic E-state index is -4.05. The molecule has 0 aliphatic carbocycles. The number of carbonyl (C=O) groups is 1. The van der Waals surface area contributed by atoms with Crippen molar-refractivity contribution in [1.29, 1.82) is 0 Å². The first kappa shape index (κ1) is 17.1. The fourth-order valence-electron chi connectivity index (χ4n) is 1.64. The zero-order chi connectivity index (χ0) is 16.0. The normalized spacial score (nSPS) is 11.0. The van der Waals surface area contributed by atoms with E-state index in [9.17, 15) is 13.2 Å². The summed E-state index contributed by atoms with van der Waals surface area (Å²) in [7, 11) is -2.69. The van der Waals surface area contributed by atoms with Crippen LogP contribution in [0.3, 0.4) is 0 Å². The van der Waals surface area contributed by atoms with Gasteiger partial charge in [-0.1, -0.05) is 13.3 Å². The third kappa shape index (κ3) is 4.52. The number of methoxy groups -OCH3 is 1. The molecule has 0 saturated heterocycles. The van der Waals surface area contributed by atoms with E-state index in [0.29, 0.717) is 17.8 Å². The molecule has 118 valence electrons. The van der Waals surface area contributed by atoms with Crippen molar-refractivity contribution in [1.82, 2.24) is 10.0 Å². The average Bonchev–Trinajstić information content (AvgIpc) is 2.41. The molecule has 21 heavy (non-hydrogen) atoms. The Hall–Kier alpha value is -1.96. The zero-order valence-corrected chi connectivity index (χ0v) is 13.2. The third-order valence-corrected chi connectivity index (χ3v) is 4.24. The molecule has 0 spiro atoms. The van der Waals surface area contributed by atoms with E-state index in [0.717, 1.165) is 12.8 Å². The third-order valence-electron chi connectivity index (χ3n) is 2.88. The maximum atomic E-state index is 12.2. The molecule has 8 heteroatoms. The standard InChI is InChI=1S/C13H21N3O4S/c1-4-5-6-15-13(17)16-21(18,19)12-8-10(14)9(2)7-11(12)20-3/h7-8H,4-6,14H2,1-3H3,(H2,15,16,17). The fraction of sp³-hybridized carbons (Fsp3) is 0.462. The van der Waals surface area contributed by atoms with E-state index in [1.807, 2.05) is 11.6 Å². The molecule has 0 aliphatic rings. The van der Waals surface area contributed by atoms with Crippen molar-refractivity contribution in [2.45, 2.75) is 31.6 Å². The van der Waals surface area contributed by atoms with Crippen molar-refractivity contribution >= 4 is 21.7 Å². The predicted octanol–water partition coefficient (Wildman–Crippen LogP) is 1.37. The first-order chi connectivity index (χ1) is 9.81. The first-order valence-corrected chi connectivity index (χ1v) is 8.05. The SMILES string of the molecule is CCCCNC(=O)NS(=O)(=O)c1cc(N)c(C)cc1OC. The van der Waals surface area contributed by atoms with Gasteiger partial charge < -0.3 is 15.8 Å². The van der Waals surface area contributed by atoms with Gasteiger partial charge in [-0.3, -0.25) is 0 Å². The van der Waals surface area contributed by atoms with E-state index in [4.69, 9.17) is 10.5 Å². The van der Waals surface area contributed by atoms with Gasteiger partial charge in [-0.2, -0.15) is 0 Å². The smallest absolute Gasteiger partial charge is 0.328 e. The molecule has 0 aromatic heterocycles. The molecular weight excluding hydrogens is 294 g/mol. The highest BCUT2D eigenvalue weighted by molar-refractivity contribution is 7.90. The van der Waals surface area contributed by atoms with Gasteiger partial charge in [0.25, 0.3) is 10.0 Å². The van der Waals surface area contributed by atoms with Crippen LogP contribution in [-0.4, -0.2) is 28.1 Å². The molecule has 1 rings (SSSR count). The highest BCUT2D eigenvalue weighted by Gasteiger charge is 2.23. The number of amides is 2. The van der Waals surface area contributed by atoms with Crippen LogP contribution in [0.1, 0.15) is 25.3 Å². The monoisotopic (exact) mass is 315 g/mol. The summed E-state index contributed by atoms with van der Waals surface area (Å²) in [4.78, 5) is 11.4. The molecule has 4 N–H and O–H groups in total. The maximum absolute atomic E-state index is 12.2. The number of sulfonamides is 1. The van der Waals surface area contributed by atoms with E-state index in [2.05, 4.69) is 5.32 Å². The van der Waals surface area contributed by atoms with Crippen LogP contribution >= 0.6 is 0 Å². The lowest BCUT2D eigenvalue weighted by Gasteiger charge is -2.13. The van der Waals surface area contributed by atoms with Crippen molar-refractivity contribution in [3.05, 3.63) is 17.7 Å². The molecule has 0 atom stereocenters. The number of ether oxygens (including phenoxy) is 1. The van der Waals surface area contributed by atoms with E-state index < -0.39 is 16.1 Å². The van der Waals surface area contributed by atoms with Crippen LogP contribution in [0.25, 0.3) is 0 Å². The Labute approximate surface area is 124 Å². The molecule has 0 unspecified atom stereocenters. The summed E-state index contributed by atoms with van der Waals surface area (Å²) >= 11 is 0. The van der Waals surface area contributed by atoms with Gasteiger partial charge in [0.2, 0.25) is 0 Å². The topological polar surface area (TPSA) is 111 Å². The zero-order valence-electron chi connectivity index (χ0n) is 12.4. The number of unbranched alkanes of at least 4 members (excludes halogenated alkanes) is 1. The molecule has 0 bridgehead atoms. The largest absolute Gasteiger partial charge is 0.495 e. The molecule has 7 nitrogen and oxygen atoms in total. The molecular formula is C13H21N3O4S. The number of hydrogen-bond acceptors (Lipinski definition) is 5. The van der Waals surface area contributed by atoms with Gasteiger partial charge in [-0.15, -0.1) is 0 Å². The van der Waals surface area contributed by atoms with Crippen LogP contribution < -0.4 is 20.5 Å². The molecule has 0 saturated carbocycles. The van der Waals surface area contributed by atoms with Gasteiger partial charge in [0, 0.05) is 12.2 Å². The van der Waals surface area contributed by atoms with Gasteiger partial charge in [0.05, 0.1) is 7.11 Å². The number of hydrogen-bond donors (Lipinski definition) is 3. The number of carbonyl (C=O) groups excluding carboxylic acids is 1. The number of nitrogens with one attached hydrogen (secondary N) is 2. The minimum absolute atomic E-state index is 0.135. The van der Waals surface area contributed by atoms with E-state index in [1.165, 1.54) is 19.2 Å². The van der Waals surface area contributed by atoms with Crippen molar-refractivity contribution in [2.75, 3.05) is 19.4 Å². The van der Waals surface area contributed by atoms with Crippen LogP contribution in [-0.2, 0) is 10.0 Å². The van der Waals surface area contributed by atoms with Crippen LogP contribution in [0.2, 0.25) is 0 Å². The number of nitrogen functional groups attached to an aromatic ring is 1. The summed E-state index contributed by atoms with van der Waals surface area (Å²) in [5, 5.41) is 2.47. The summed E-state index contributed by atoms with van der Waals surface area (Å²) < 4.78 is 31.4. The number of anilines is 1. The van der Waals surface area contributed by atoms with Crippen LogP contribution in [0.5, 0.6) is 5.75 Å². The van der Waals surface area contributed by atoms with Gasteiger partial charge >= 0.3 is 6.03 Å². The summed E-state index contributed by atoms with van der Waals surface area (Å²) in [6.07, 6.45) is 1.67. The summed E-state index contributed by atoms with van der Waals surface area (Å²) in [6.45, 7) is 4.11. The first-order valence-electron chi connectivity index (χ1n) is 6.56. The lowest BCUT2D eigenvalue weighted by molar-refractivity contribution is 0.245. The molecule has 0 aliphatic heterocycles. The number of benzene rings is 1. The Balaban J connectivity index is 2.97. The Morgan fingerprint density at radius 2 is 2.05 bits per heavy atom. The van der Waals surface area contributed by atoms with Gasteiger partial charge in [-0.05, 0) is 31.0 Å². The molecule has 1 aromatic rings. The summed E-state index contributed by atoms with van der Waals surface area (Å²) in [6, 6.07) is 2.01. The van der Waals surface area contributed by atoms with Gasteiger partial charge in [0.15, 0.2) is 0 Å². The van der Waals surface area contributed by atoms with Gasteiger partial charge in [0.1, 0.15) is 10.6 Å². The van der Waals surface area contributed by atoms with Crippen LogP contribution in [0, 0.1) is 6.92 Å². The predicted molar refractivity (Wildman–Crippen MR) is 80.8 cm³/mol. The van der Waals surface area contributed by atoms with E-state index in [-0.39, 0.29) is 10.6 Å². The highest BCUT2D eigenvalue weighted by Crippen LogP contribution is 2.28. The summed E-state index contributed by atoms with van der Waals surface area (Å²) in [5.74, 6) is 0.135. The second-order valence-electron chi connectivity index (χ2n) is 4.57. The van der Waals surface area contributed by atoms with Crippen molar-refractivity contribution in [3.8, 4) is 5.75 Å². The number of rotatable bonds is 6. The highest BCUT2D eigenvalue weighted by atomic mass is 32.2. The Kier molecular flexibility index (Phi) is 5.83. The second kappa shape index (κ2) is 7.16. The van der Waals surface area contributed by atoms with Crippen molar-refractivity contribution in [3.63, 3.8) is 0 Å². The summed E-state index contributed by atoms with van der Waals surface area (Å²) in [5.41, 5.74) is 6.72. The quantitative estimate of drug-likeness (QED) is 0.542. The maximum Gasteiger partial charge on any atom is 0.328 e. The minimum Gasteiger partial charge on any atom is -0.495 e. The molecule has 0 radical (unpaired) electrons. The van der Waals surface area contributed by atoms with Crippen LogP contribution in [0.4, 0.5) is 10.5 Å². The van der Waals surface area contributed by atoms with Crippen molar-refractivity contribution < 1.29 is 17.9 Å².